The monoisotopic (exact) mass is 417 g/mol. The molecule has 0 atom stereocenters. The second kappa shape index (κ2) is 8.27. The van der Waals surface area contributed by atoms with Crippen LogP contribution < -0.4 is 5.32 Å². The molecule has 0 bridgehead atoms. The van der Waals surface area contributed by atoms with Crippen molar-refractivity contribution in [3.05, 3.63) is 41.1 Å². The van der Waals surface area contributed by atoms with E-state index >= 15 is 0 Å². The molecule has 1 N–H and O–H groups in total. The molecule has 150 valence electrons. The standard InChI is InChI=1S/C17H16ClF4N5O/c1-2-12-13-14(27(26-12)7-8-28-9-17(20,21)22)15(25-16(18)24-13)23-11-5-3-10(19)4-6-11/h3-6H,2,7-9H2,1H3,(H,23,24,25). The van der Waals surface area contributed by atoms with Crippen LogP contribution in [0.5, 0.6) is 0 Å². The number of benzene rings is 1. The van der Waals surface area contributed by atoms with Gasteiger partial charge in [-0.05, 0) is 42.3 Å². The van der Waals surface area contributed by atoms with Gasteiger partial charge in [-0.1, -0.05) is 6.92 Å². The van der Waals surface area contributed by atoms with E-state index in [0.717, 1.165) is 0 Å². The molecule has 0 spiro atoms. The van der Waals surface area contributed by atoms with E-state index in [0.29, 0.717) is 34.7 Å². The summed E-state index contributed by atoms with van der Waals surface area (Å²) in [6.07, 6.45) is -3.86. The summed E-state index contributed by atoms with van der Waals surface area (Å²) in [5.41, 5.74) is 2.14. The first-order valence-electron chi connectivity index (χ1n) is 8.37. The van der Waals surface area contributed by atoms with E-state index in [1.807, 2.05) is 6.92 Å². The van der Waals surface area contributed by atoms with Gasteiger partial charge in [-0.2, -0.15) is 23.3 Å². The van der Waals surface area contributed by atoms with Crippen LogP contribution in [0.3, 0.4) is 0 Å². The van der Waals surface area contributed by atoms with Crippen molar-refractivity contribution in [2.45, 2.75) is 26.1 Å². The number of aromatic nitrogens is 4. The second-order valence-electron chi connectivity index (χ2n) is 5.86. The van der Waals surface area contributed by atoms with Gasteiger partial charge in [-0.3, -0.25) is 4.68 Å². The van der Waals surface area contributed by atoms with Gasteiger partial charge in [-0.25, -0.2) is 9.37 Å². The second-order valence-corrected chi connectivity index (χ2v) is 6.20. The molecule has 0 aliphatic rings. The Morgan fingerprint density at radius 2 is 1.89 bits per heavy atom. The number of nitrogens with one attached hydrogen (secondary N) is 1. The van der Waals surface area contributed by atoms with Gasteiger partial charge in [0.25, 0.3) is 0 Å². The minimum atomic E-state index is -4.40. The Labute approximate surface area is 162 Å². The van der Waals surface area contributed by atoms with Crippen molar-refractivity contribution in [1.82, 2.24) is 19.7 Å². The lowest BCUT2D eigenvalue weighted by atomic mass is 10.2. The molecule has 1 aromatic carbocycles. The highest BCUT2D eigenvalue weighted by Gasteiger charge is 2.27. The normalized spacial score (nSPS) is 11.9. The molecule has 11 heteroatoms. The van der Waals surface area contributed by atoms with Crippen LogP contribution in [0.2, 0.25) is 5.28 Å². The highest BCUT2D eigenvalue weighted by Crippen LogP contribution is 2.28. The lowest BCUT2D eigenvalue weighted by Gasteiger charge is -2.11. The third-order valence-electron chi connectivity index (χ3n) is 3.78. The average molecular weight is 418 g/mol. The molecule has 2 aromatic heterocycles. The summed E-state index contributed by atoms with van der Waals surface area (Å²) in [5, 5.41) is 7.40. The first-order valence-corrected chi connectivity index (χ1v) is 8.74. The molecule has 6 nitrogen and oxygen atoms in total. The highest BCUT2D eigenvalue weighted by molar-refractivity contribution is 6.28. The van der Waals surface area contributed by atoms with Crippen molar-refractivity contribution in [3.8, 4) is 0 Å². The SMILES string of the molecule is CCc1nn(CCOCC(F)(F)F)c2c(Nc3ccc(F)cc3)nc(Cl)nc12. The molecule has 0 radical (unpaired) electrons. The summed E-state index contributed by atoms with van der Waals surface area (Å²) in [7, 11) is 0. The Morgan fingerprint density at radius 3 is 2.54 bits per heavy atom. The van der Waals surface area contributed by atoms with E-state index in [9.17, 15) is 17.6 Å². The number of ether oxygens (including phenoxy) is 1. The molecule has 2 heterocycles. The molecule has 0 aliphatic carbocycles. The minimum Gasteiger partial charge on any atom is -0.370 e. The topological polar surface area (TPSA) is 64.9 Å². The predicted molar refractivity (Wildman–Crippen MR) is 96.3 cm³/mol. The number of aryl methyl sites for hydroxylation is 1. The van der Waals surface area contributed by atoms with Crippen molar-refractivity contribution >= 4 is 34.1 Å². The molecule has 0 unspecified atom stereocenters. The van der Waals surface area contributed by atoms with Gasteiger partial charge >= 0.3 is 6.18 Å². The van der Waals surface area contributed by atoms with E-state index in [1.165, 1.54) is 28.9 Å². The molecule has 3 rings (SSSR count). The van der Waals surface area contributed by atoms with Gasteiger partial charge in [0, 0.05) is 5.69 Å². The number of anilines is 2. The molecule has 3 aromatic rings. The molecular weight excluding hydrogens is 402 g/mol. The van der Waals surface area contributed by atoms with Crippen LogP contribution >= 0.6 is 11.6 Å². The number of nitrogens with zero attached hydrogens (tertiary/aromatic N) is 4. The summed E-state index contributed by atoms with van der Waals surface area (Å²) < 4.78 is 56.0. The number of hydrogen-bond donors (Lipinski definition) is 1. The molecule has 28 heavy (non-hydrogen) atoms. The first kappa shape index (κ1) is 20.3. The third kappa shape index (κ3) is 4.87. The van der Waals surface area contributed by atoms with Crippen LogP contribution in [-0.2, 0) is 17.7 Å². The van der Waals surface area contributed by atoms with Crippen LogP contribution in [0.4, 0.5) is 29.1 Å². The van der Waals surface area contributed by atoms with Crippen LogP contribution in [0.25, 0.3) is 11.0 Å². The zero-order valence-corrected chi connectivity index (χ0v) is 15.5. The van der Waals surface area contributed by atoms with E-state index in [2.05, 4.69) is 25.1 Å². The Morgan fingerprint density at radius 1 is 1.18 bits per heavy atom. The minimum absolute atomic E-state index is 0.0142. The van der Waals surface area contributed by atoms with Crippen molar-refractivity contribution < 1.29 is 22.3 Å². The number of alkyl halides is 3. The van der Waals surface area contributed by atoms with Crippen molar-refractivity contribution in [2.24, 2.45) is 0 Å². The fourth-order valence-corrected chi connectivity index (χ4v) is 2.78. The van der Waals surface area contributed by atoms with Gasteiger partial charge in [0.15, 0.2) is 5.82 Å². The summed E-state index contributed by atoms with van der Waals surface area (Å²) >= 11 is 6.02. The van der Waals surface area contributed by atoms with Crippen molar-refractivity contribution in [1.29, 1.82) is 0 Å². The maximum atomic E-state index is 13.1. The van der Waals surface area contributed by atoms with E-state index in [-0.39, 0.29) is 18.4 Å². The largest absolute Gasteiger partial charge is 0.411 e. The van der Waals surface area contributed by atoms with Gasteiger partial charge in [0.1, 0.15) is 23.5 Å². The van der Waals surface area contributed by atoms with E-state index < -0.39 is 18.6 Å². The molecular formula is C17H16ClF4N5O. The zero-order valence-electron chi connectivity index (χ0n) is 14.7. The van der Waals surface area contributed by atoms with Crippen molar-refractivity contribution in [2.75, 3.05) is 18.5 Å². The Kier molecular flexibility index (Phi) is 5.99. The Balaban J connectivity index is 1.93. The number of rotatable bonds is 7. The lowest BCUT2D eigenvalue weighted by Crippen LogP contribution is -2.19. The lowest BCUT2D eigenvalue weighted by molar-refractivity contribution is -0.174. The summed E-state index contributed by atoms with van der Waals surface area (Å²) in [6.45, 7) is 0.402. The number of halogens is 5. The molecule has 0 saturated heterocycles. The summed E-state index contributed by atoms with van der Waals surface area (Å²) in [5.74, 6) is -0.0822. The van der Waals surface area contributed by atoms with Crippen LogP contribution in [0, 0.1) is 5.82 Å². The van der Waals surface area contributed by atoms with Gasteiger partial charge in [-0.15, -0.1) is 0 Å². The van der Waals surface area contributed by atoms with E-state index in [4.69, 9.17) is 11.6 Å². The Bertz CT molecular complexity index is 959. The molecule has 0 aliphatic heterocycles. The average Bonchev–Trinajstić information content (AvgIpc) is 2.97. The fourth-order valence-electron chi connectivity index (χ4n) is 2.61. The van der Waals surface area contributed by atoms with Crippen molar-refractivity contribution in [3.63, 3.8) is 0 Å². The molecule has 0 saturated carbocycles. The number of hydrogen-bond acceptors (Lipinski definition) is 5. The quantitative estimate of drug-likeness (QED) is 0.348. The highest BCUT2D eigenvalue weighted by atomic mass is 35.5. The predicted octanol–water partition coefficient (Wildman–Crippen LogP) is 4.50. The number of fused-ring (bicyclic) bond motifs is 1. The maximum Gasteiger partial charge on any atom is 0.411 e. The van der Waals surface area contributed by atoms with Crippen LogP contribution in [0.1, 0.15) is 12.6 Å². The molecule has 0 fully saturated rings. The van der Waals surface area contributed by atoms with Gasteiger partial charge < -0.3 is 10.1 Å². The van der Waals surface area contributed by atoms with Crippen LogP contribution in [0.15, 0.2) is 24.3 Å². The smallest absolute Gasteiger partial charge is 0.370 e. The summed E-state index contributed by atoms with van der Waals surface area (Å²) in [6, 6.07) is 5.60. The maximum absolute atomic E-state index is 13.1. The van der Waals surface area contributed by atoms with Gasteiger partial charge in [0.05, 0.1) is 18.8 Å². The van der Waals surface area contributed by atoms with E-state index in [1.54, 1.807) is 0 Å². The first-order chi connectivity index (χ1) is 13.3. The van der Waals surface area contributed by atoms with Crippen LogP contribution in [-0.4, -0.2) is 39.1 Å². The fraction of sp³-hybridized carbons (Fsp3) is 0.353. The zero-order chi connectivity index (χ0) is 20.3. The van der Waals surface area contributed by atoms with Gasteiger partial charge in [0.2, 0.25) is 5.28 Å². The molecule has 0 amide bonds. The summed E-state index contributed by atoms with van der Waals surface area (Å²) in [4.78, 5) is 8.36. The Hall–Kier alpha value is -2.46. The third-order valence-corrected chi connectivity index (χ3v) is 3.95.